The van der Waals surface area contributed by atoms with Gasteiger partial charge in [0.05, 0.1) is 21.7 Å². The van der Waals surface area contributed by atoms with E-state index in [-0.39, 0.29) is 12.0 Å². The average molecular weight is 417 g/mol. The molecule has 3 N–H and O–H groups in total. The van der Waals surface area contributed by atoms with Crippen LogP contribution in [0.5, 0.6) is 0 Å². The quantitative estimate of drug-likeness (QED) is 0.623. The Morgan fingerprint density at radius 2 is 2.00 bits per heavy atom. The van der Waals surface area contributed by atoms with Gasteiger partial charge in [0.2, 0.25) is 12.4 Å². The molecule has 0 amide bonds. The van der Waals surface area contributed by atoms with Gasteiger partial charge in [-0.3, -0.25) is 4.98 Å². The van der Waals surface area contributed by atoms with Crippen molar-refractivity contribution >= 4 is 33.3 Å². The highest BCUT2D eigenvalue weighted by molar-refractivity contribution is 7.21. The Morgan fingerprint density at radius 3 is 2.72 bits per heavy atom. The van der Waals surface area contributed by atoms with Crippen LogP contribution in [0.3, 0.4) is 0 Å². The number of nitrogens with two attached hydrogens (primary N) is 1. The molecular formula is C20H22F2N6S. The molecule has 0 spiro atoms. The molecule has 0 aliphatic heterocycles. The lowest BCUT2D eigenvalue weighted by molar-refractivity contribution is 0.0803. The second-order valence-corrected chi connectivity index (χ2v) is 9.01. The molecular weight excluding hydrogens is 394 g/mol. The molecule has 2 saturated carbocycles. The van der Waals surface area contributed by atoms with Gasteiger partial charge in [0, 0.05) is 24.1 Å². The van der Waals surface area contributed by atoms with Gasteiger partial charge in [-0.25, -0.2) is 18.7 Å². The second-order valence-electron chi connectivity index (χ2n) is 7.98. The number of nitrogen functional groups attached to an aromatic ring is 1. The SMILES string of the molecule is Cc1nc(N)nc(N[C@H]2CC[C@@H](C(F)F)C2)c1-c1nc2c(C3CC3)nccc2s1. The molecule has 5 rings (SSSR count). The van der Waals surface area contributed by atoms with Gasteiger partial charge in [-0.05, 0) is 45.1 Å². The maximum atomic E-state index is 13.1. The fourth-order valence-electron chi connectivity index (χ4n) is 4.16. The van der Waals surface area contributed by atoms with Crippen LogP contribution < -0.4 is 11.1 Å². The molecule has 152 valence electrons. The molecule has 0 bridgehead atoms. The average Bonchev–Trinajstić information content (AvgIpc) is 3.24. The molecule has 2 aliphatic rings. The van der Waals surface area contributed by atoms with E-state index in [1.807, 2.05) is 19.2 Å². The number of hydrogen-bond acceptors (Lipinski definition) is 7. The van der Waals surface area contributed by atoms with E-state index >= 15 is 0 Å². The molecule has 29 heavy (non-hydrogen) atoms. The second kappa shape index (κ2) is 7.12. The highest BCUT2D eigenvalue weighted by Crippen LogP contribution is 2.44. The number of anilines is 2. The smallest absolute Gasteiger partial charge is 0.241 e. The van der Waals surface area contributed by atoms with E-state index in [1.54, 1.807) is 11.3 Å². The van der Waals surface area contributed by atoms with Gasteiger partial charge in [-0.2, -0.15) is 4.98 Å². The zero-order chi connectivity index (χ0) is 20.1. The Kier molecular flexibility index (Phi) is 4.57. The highest BCUT2D eigenvalue weighted by atomic mass is 32.1. The van der Waals surface area contributed by atoms with Crippen LogP contribution in [-0.2, 0) is 0 Å². The summed E-state index contributed by atoms with van der Waals surface area (Å²) in [4.78, 5) is 18.2. The van der Waals surface area contributed by atoms with Crippen LogP contribution in [0, 0.1) is 12.8 Å². The summed E-state index contributed by atoms with van der Waals surface area (Å²) >= 11 is 1.58. The molecule has 3 aromatic heterocycles. The van der Waals surface area contributed by atoms with Crippen molar-refractivity contribution in [2.75, 3.05) is 11.1 Å². The molecule has 2 atom stereocenters. The third kappa shape index (κ3) is 3.52. The minimum atomic E-state index is -2.28. The van der Waals surface area contributed by atoms with Gasteiger partial charge >= 0.3 is 0 Å². The van der Waals surface area contributed by atoms with Crippen molar-refractivity contribution in [2.24, 2.45) is 5.92 Å². The normalized spacial score (nSPS) is 21.9. The fraction of sp³-hybridized carbons (Fsp3) is 0.500. The number of pyridine rings is 1. The van der Waals surface area contributed by atoms with Crippen LogP contribution in [0.25, 0.3) is 20.8 Å². The Morgan fingerprint density at radius 1 is 1.17 bits per heavy atom. The molecule has 6 nitrogen and oxygen atoms in total. The first kappa shape index (κ1) is 18.6. The van der Waals surface area contributed by atoms with Crippen LogP contribution >= 0.6 is 11.3 Å². The number of fused-ring (bicyclic) bond motifs is 1. The molecule has 0 aromatic carbocycles. The topological polar surface area (TPSA) is 89.6 Å². The van der Waals surface area contributed by atoms with Crippen LogP contribution in [0.15, 0.2) is 12.3 Å². The summed E-state index contributed by atoms with van der Waals surface area (Å²) < 4.78 is 27.2. The van der Waals surface area contributed by atoms with Gasteiger partial charge in [0.15, 0.2) is 0 Å². The predicted molar refractivity (Wildman–Crippen MR) is 110 cm³/mol. The van der Waals surface area contributed by atoms with E-state index in [0.717, 1.165) is 45.0 Å². The summed E-state index contributed by atoms with van der Waals surface area (Å²) in [6.07, 6.45) is 3.50. The third-order valence-electron chi connectivity index (χ3n) is 5.79. The van der Waals surface area contributed by atoms with E-state index in [0.29, 0.717) is 31.0 Å². The zero-order valence-electron chi connectivity index (χ0n) is 16.0. The molecule has 3 heterocycles. The Bertz CT molecular complexity index is 1060. The monoisotopic (exact) mass is 416 g/mol. The maximum Gasteiger partial charge on any atom is 0.241 e. The lowest BCUT2D eigenvalue weighted by atomic mass is 10.1. The fourth-order valence-corrected chi connectivity index (χ4v) is 5.23. The largest absolute Gasteiger partial charge is 0.368 e. The number of hydrogen-bond donors (Lipinski definition) is 2. The number of aryl methyl sites for hydroxylation is 1. The summed E-state index contributed by atoms with van der Waals surface area (Å²) in [5.74, 6) is 0.680. The number of nitrogens with zero attached hydrogens (tertiary/aromatic N) is 4. The van der Waals surface area contributed by atoms with Crippen LogP contribution in [0.2, 0.25) is 0 Å². The standard InChI is InChI=1S/C20H22F2N6S/c1-9-14(19-27-16-13(29-19)6-7-24-15(16)10-2-3-10)18(28-20(23)25-9)26-12-5-4-11(8-12)17(21)22/h6-7,10-12,17H,2-5,8H2,1H3,(H3,23,25,26,28)/t11-,12+/m1/s1. The summed E-state index contributed by atoms with van der Waals surface area (Å²) in [6, 6.07) is 1.92. The summed E-state index contributed by atoms with van der Waals surface area (Å²) in [7, 11) is 0. The van der Waals surface area contributed by atoms with E-state index < -0.39 is 12.3 Å². The lowest BCUT2D eigenvalue weighted by Gasteiger charge is -2.17. The first-order valence-electron chi connectivity index (χ1n) is 9.94. The van der Waals surface area contributed by atoms with E-state index in [4.69, 9.17) is 10.7 Å². The summed E-state index contributed by atoms with van der Waals surface area (Å²) in [6.45, 7) is 1.88. The van der Waals surface area contributed by atoms with Crippen molar-refractivity contribution in [3.63, 3.8) is 0 Å². The Balaban J connectivity index is 1.53. The van der Waals surface area contributed by atoms with Gasteiger partial charge in [-0.1, -0.05) is 0 Å². The predicted octanol–water partition coefficient (Wildman–Crippen LogP) is 4.76. The maximum absolute atomic E-state index is 13.1. The van der Waals surface area contributed by atoms with Gasteiger partial charge in [-0.15, -0.1) is 11.3 Å². The van der Waals surface area contributed by atoms with Crippen LogP contribution in [0.4, 0.5) is 20.5 Å². The van der Waals surface area contributed by atoms with Gasteiger partial charge < -0.3 is 11.1 Å². The van der Waals surface area contributed by atoms with E-state index in [1.165, 1.54) is 0 Å². The third-order valence-corrected chi connectivity index (χ3v) is 6.83. The van der Waals surface area contributed by atoms with Gasteiger partial charge in [0.25, 0.3) is 0 Å². The van der Waals surface area contributed by atoms with Crippen molar-refractivity contribution in [1.29, 1.82) is 0 Å². The van der Waals surface area contributed by atoms with Crippen LogP contribution in [-0.4, -0.2) is 32.4 Å². The Hall–Kier alpha value is -2.42. The molecule has 2 aliphatic carbocycles. The van der Waals surface area contributed by atoms with Crippen molar-refractivity contribution in [3.05, 3.63) is 23.7 Å². The summed E-state index contributed by atoms with van der Waals surface area (Å²) in [5.41, 5.74) is 9.41. The Labute approximate surface area is 171 Å². The number of alkyl halides is 2. The molecule has 0 unspecified atom stereocenters. The van der Waals surface area contributed by atoms with Gasteiger partial charge in [0.1, 0.15) is 16.3 Å². The molecule has 0 radical (unpaired) electrons. The first-order valence-corrected chi connectivity index (χ1v) is 10.8. The lowest BCUT2D eigenvalue weighted by Crippen LogP contribution is -2.19. The zero-order valence-corrected chi connectivity index (χ0v) is 16.8. The number of aromatic nitrogens is 4. The first-order chi connectivity index (χ1) is 14.0. The highest BCUT2D eigenvalue weighted by Gasteiger charge is 2.32. The van der Waals surface area contributed by atoms with Crippen molar-refractivity contribution in [1.82, 2.24) is 19.9 Å². The molecule has 3 aromatic rings. The van der Waals surface area contributed by atoms with Crippen LogP contribution in [0.1, 0.15) is 49.4 Å². The minimum Gasteiger partial charge on any atom is -0.368 e. The van der Waals surface area contributed by atoms with Crippen molar-refractivity contribution < 1.29 is 8.78 Å². The molecule has 2 fully saturated rings. The number of thiazole rings is 1. The minimum absolute atomic E-state index is 0.0560. The van der Waals surface area contributed by atoms with E-state index in [2.05, 4.69) is 20.3 Å². The number of rotatable bonds is 5. The number of nitrogens with one attached hydrogen (secondary N) is 1. The summed E-state index contributed by atoms with van der Waals surface area (Å²) in [5, 5.41) is 4.16. The molecule has 9 heteroatoms. The van der Waals surface area contributed by atoms with E-state index in [9.17, 15) is 8.78 Å². The number of halogens is 2. The van der Waals surface area contributed by atoms with Crippen molar-refractivity contribution in [2.45, 2.75) is 57.4 Å². The molecule has 0 saturated heterocycles. The van der Waals surface area contributed by atoms with Crippen molar-refractivity contribution in [3.8, 4) is 10.6 Å².